The zero-order chi connectivity index (χ0) is 18.1. The minimum atomic E-state index is -0.294. The van der Waals surface area contributed by atoms with Crippen LogP contribution in [0.25, 0.3) is 5.69 Å². The molecule has 3 aromatic rings. The highest BCUT2D eigenvalue weighted by atomic mass is 19.1. The van der Waals surface area contributed by atoms with Gasteiger partial charge in [0.1, 0.15) is 11.6 Å². The molecule has 0 saturated carbocycles. The van der Waals surface area contributed by atoms with Crippen molar-refractivity contribution in [3.05, 3.63) is 65.1 Å². The molecule has 0 radical (unpaired) electrons. The topological polar surface area (TPSA) is 73.0 Å². The Morgan fingerprint density at radius 3 is 2.85 bits per heavy atom. The van der Waals surface area contributed by atoms with Gasteiger partial charge in [0.05, 0.1) is 17.9 Å². The minimum absolute atomic E-state index is 0.237. The average molecular weight is 354 g/mol. The summed E-state index contributed by atoms with van der Waals surface area (Å²) in [6, 6.07) is 5.83. The average Bonchev–Trinajstić information content (AvgIpc) is 3.30. The number of hydrogen-bond acceptors (Lipinski definition) is 4. The third-order valence-corrected chi connectivity index (χ3v) is 4.71. The Bertz CT molecular complexity index is 929. The van der Waals surface area contributed by atoms with Crippen LogP contribution in [-0.2, 0) is 12.8 Å². The molecule has 0 fully saturated rings. The molecule has 0 unspecified atom stereocenters. The number of carbonyl (C=O) groups is 1. The number of carbonyl (C=O) groups excluding carboxylic acids is 1. The molecule has 0 spiro atoms. The molecule has 1 aliphatic rings. The molecule has 134 valence electrons. The predicted molar refractivity (Wildman–Crippen MR) is 92.5 cm³/mol. The molecule has 2 aromatic heterocycles. The standard InChI is InChI=1S/C19H19FN4O2/c1-12(13-10-21-24(11-13)15-8-6-14(20)7-9-15)22-19(25)18-16-4-2-3-5-17(16)26-23-18/h6-12H,2-5H2,1H3,(H,22,25)/t12-/m0/s1. The summed E-state index contributed by atoms with van der Waals surface area (Å²) in [6.07, 6.45) is 7.30. The summed E-state index contributed by atoms with van der Waals surface area (Å²) in [4.78, 5) is 12.6. The first-order valence-electron chi connectivity index (χ1n) is 8.70. The quantitative estimate of drug-likeness (QED) is 0.780. The van der Waals surface area contributed by atoms with Gasteiger partial charge in [-0.05, 0) is 50.5 Å². The maximum Gasteiger partial charge on any atom is 0.274 e. The van der Waals surface area contributed by atoms with Crippen molar-refractivity contribution in [2.75, 3.05) is 0 Å². The molecule has 6 nitrogen and oxygen atoms in total. The first-order valence-corrected chi connectivity index (χ1v) is 8.70. The van der Waals surface area contributed by atoms with E-state index in [0.29, 0.717) is 5.69 Å². The second-order valence-electron chi connectivity index (χ2n) is 6.53. The molecule has 4 rings (SSSR count). The Kier molecular flexibility index (Phi) is 4.28. The summed E-state index contributed by atoms with van der Waals surface area (Å²) in [7, 11) is 0. The Morgan fingerprint density at radius 2 is 2.04 bits per heavy atom. The number of amides is 1. The van der Waals surface area contributed by atoms with Crippen LogP contribution in [0.5, 0.6) is 0 Å². The van der Waals surface area contributed by atoms with Crippen LogP contribution >= 0.6 is 0 Å². The van der Waals surface area contributed by atoms with Crippen molar-refractivity contribution in [2.24, 2.45) is 0 Å². The summed E-state index contributed by atoms with van der Waals surface area (Å²) in [6.45, 7) is 1.89. The van der Waals surface area contributed by atoms with Gasteiger partial charge in [-0.3, -0.25) is 4.79 Å². The van der Waals surface area contributed by atoms with Crippen LogP contribution in [0.2, 0.25) is 0 Å². The first kappa shape index (κ1) is 16.5. The molecule has 1 N–H and O–H groups in total. The number of nitrogens with one attached hydrogen (secondary N) is 1. The van der Waals surface area contributed by atoms with Crippen LogP contribution in [0.4, 0.5) is 4.39 Å². The molecule has 1 amide bonds. The van der Waals surface area contributed by atoms with Gasteiger partial charge < -0.3 is 9.84 Å². The van der Waals surface area contributed by atoms with Crippen molar-refractivity contribution in [2.45, 2.75) is 38.6 Å². The van der Waals surface area contributed by atoms with Crippen LogP contribution in [0.3, 0.4) is 0 Å². The van der Waals surface area contributed by atoms with E-state index < -0.39 is 0 Å². The van der Waals surface area contributed by atoms with Gasteiger partial charge in [-0.25, -0.2) is 9.07 Å². The molecule has 1 aromatic carbocycles. The van der Waals surface area contributed by atoms with E-state index in [-0.39, 0.29) is 17.8 Å². The Labute approximate surface area is 150 Å². The summed E-state index contributed by atoms with van der Waals surface area (Å²) < 4.78 is 20.0. The second-order valence-corrected chi connectivity index (χ2v) is 6.53. The minimum Gasteiger partial charge on any atom is -0.360 e. The SMILES string of the molecule is C[C@H](NC(=O)c1noc2c1CCCC2)c1cnn(-c2ccc(F)cc2)c1. The number of fused-ring (bicyclic) bond motifs is 1. The molecule has 0 bridgehead atoms. The lowest BCUT2D eigenvalue weighted by Crippen LogP contribution is -2.27. The van der Waals surface area contributed by atoms with Gasteiger partial charge in [-0.15, -0.1) is 0 Å². The highest BCUT2D eigenvalue weighted by Gasteiger charge is 2.25. The molecule has 0 saturated heterocycles. The van der Waals surface area contributed by atoms with Crippen LogP contribution in [0.15, 0.2) is 41.2 Å². The van der Waals surface area contributed by atoms with E-state index in [9.17, 15) is 9.18 Å². The molecule has 7 heteroatoms. The summed E-state index contributed by atoms with van der Waals surface area (Å²) >= 11 is 0. The molecule has 0 aliphatic heterocycles. The number of aromatic nitrogens is 3. The molecule has 1 aliphatic carbocycles. The number of benzene rings is 1. The normalized spacial score (nSPS) is 14.7. The third-order valence-electron chi connectivity index (χ3n) is 4.71. The van der Waals surface area contributed by atoms with E-state index in [1.165, 1.54) is 12.1 Å². The zero-order valence-corrected chi connectivity index (χ0v) is 14.4. The van der Waals surface area contributed by atoms with Gasteiger partial charge >= 0.3 is 0 Å². The lowest BCUT2D eigenvalue weighted by Gasteiger charge is -2.13. The monoisotopic (exact) mass is 354 g/mol. The lowest BCUT2D eigenvalue weighted by molar-refractivity contribution is 0.0930. The smallest absolute Gasteiger partial charge is 0.274 e. The number of nitrogens with zero attached hydrogens (tertiary/aromatic N) is 3. The van der Waals surface area contributed by atoms with E-state index in [1.54, 1.807) is 23.0 Å². The van der Waals surface area contributed by atoms with Gasteiger partial charge in [0.25, 0.3) is 5.91 Å². The third kappa shape index (κ3) is 3.12. The van der Waals surface area contributed by atoms with E-state index >= 15 is 0 Å². The number of aryl methyl sites for hydroxylation is 1. The van der Waals surface area contributed by atoms with Crippen LogP contribution < -0.4 is 5.32 Å². The van der Waals surface area contributed by atoms with Crippen molar-refractivity contribution in [3.8, 4) is 5.69 Å². The second kappa shape index (κ2) is 6.74. The van der Waals surface area contributed by atoms with Crippen molar-refractivity contribution in [1.82, 2.24) is 20.3 Å². The first-order chi connectivity index (χ1) is 12.6. The highest BCUT2D eigenvalue weighted by molar-refractivity contribution is 5.94. The van der Waals surface area contributed by atoms with E-state index in [4.69, 9.17) is 4.52 Å². The number of hydrogen-bond donors (Lipinski definition) is 1. The van der Waals surface area contributed by atoms with Gasteiger partial charge in [0.15, 0.2) is 5.69 Å². The predicted octanol–water partition coefficient (Wildman–Crippen LogP) is 3.37. The molecule has 26 heavy (non-hydrogen) atoms. The van der Waals surface area contributed by atoms with Crippen molar-refractivity contribution >= 4 is 5.91 Å². The maximum absolute atomic E-state index is 13.0. The van der Waals surface area contributed by atoms with Crippen LogP contribution in [0, 0.1) is 5.82 Å². The van der Waals surface area contributed by atoms with Gasteiger partial charge in [0.2, 0.25) is 0 Å². The van der Waals surface area contributed by atoms with E-state index in [0.717, 1.165) is 48.3 Å². The van der Waals surface area contributed by atoms with E-state index in [2.05, 4.69) is 15.6 Å². The van der Waals surface area contributed by atoms with Crippen molar-refractivity contribution in [1.29, 1.82) is 0 Å². The molecular weight excluding hydrogens is 335 g/mol. The van der Waals surface area contributed by atoms with Gasteiger partial charge in [0, 0.05) is 23.7 Å². The van der Waals surface area contributed by atoms with Crippen molar-refractivity contribution < 1.29 is 13.7 Å². The Morgan fingerprint density at radius 1 is 1.27 bits per heavy atom. The molecular formula is C19H19FN4O2. The summed E-state index contributed by atoms with van der Waals surface area (Å²) in [5.74, 6) is 0.301. The lowest BCUT2D eigenvalue weighted by atomic mass is 9.96. The number of rotatable bonds is 4. The molecule has 1 atom stereocenters. The number of halogens is 1. The summed E-state index contributed by atoms with van der Waals surface area (Å²) in [5, 5.41) is 11.2. The van der Waals surface area contributed by atoms with Gasteiger partial charge in [-0.2, -0.15) is 5.10 Å². The fourth-order valence-corrected chi connectivity index (χ4v) is 3.21. The maximum atomic E-state index is 13.0. The van der Waals surface area contributed by atoms with Crippen LogP contribution in [-0.4, -0.2) is 20.8 Å². The zero-order valence-electron chi connectivity index (χ0n) is 14.4. The Hall–Kier alpha value is -2.96. The fourth-order valence-electron chi connectivity index (χ4n) is 3.21. The van der Waals surface area contributed by atoms with Crippen LogP contribution in [0.1, 0.15) is 53.2 Å². The van der Waals surface area contributed by atoms with Gasteiger partial charge in [-0.1, -0.05) is 5.16 Å². The fraction of sp³-hybridized carbons (Fsp3) is 0.316. The summed E-state index contributed by atoms with van der Waals surface area (Å²) in [5.41, 5.74) is 2.92. The molecule has 2 heterocycles. The van der Waals surface area contributed by atoms with E-state index in [1.807, 2.05) is 13.1 Å². The Balaban J connectivity index is 1.48. The highest BCUT2D eigenvalue weighted by Crippen LogP contribution is 2.24. The largest absolute Gasteiger partial charge is 0.360 e. The van der Waals surface area contributed by atoms with Crippen molar-refractivity contribution in [3.63, 3.8) is 0 Å².